The molecule has 0 heterocycles. The van der Waals surface area contributed by atoms with E-state index in [1.807, 2.05) is 0 Å². The van der Waals surface area contributed by atoms with E-state index in [1.54, 1.807) is 0 Å². The maximum absolute atomic E-state index is 3.61. The van der Waals surface area contributed by atoms with Gasteiger partial charge < -0.3 is 5.32 Å². The lowest BCUT2D eigenvalue weighted by molar-refractivity contribution is 0.498. The van der Waals surface area contributed by atoms with Gasteiger partial charge in [0.15, 0.2) is 0 Å². The Hall–Kier alpha value is -1.34. The third-order valence-electron chi connectivity index (χ3n) is 4.10. The molecule has 1 saturated carbocycles. The second kappa shape index (κ2) is 5.75. The molecule has 0 spiro atoms. The Morgan fingerprint density at radius 3 is 2.74 bits per heavy atom. The second-order valence-electron chi connectivity index (χ2n) is 5.96. The predicted octanol–water partition coefficient (Wildman–Crippen LogP) is 4.16. The molecule has 1 aliphatic rings. The van der Waals surface area contributed by atoms with E-state index in [0.29, 0.717) is 0 Å². The van der Waals surface area contributed by atoms with E-state index in [9.17, 15) is 0 Å². The highest BCUT2D eigenvalue weighted by atomic mass is 14.9. The van der Waals surface area contributed by atoms with E-state index in [1.165, 1.54) is 48.6 Å². The van der Waals surface area contributed by atoms with Crippen molar-refractivity contribution in [1.82, 2.24) is 5.32 Å². The van der Waals surface area contributed by atoms with Crippen LogP contribution >= 0.6 is 0 Å². The van der Waals surface area contributed by atoms with Crippen molar-refractivity contribution in [2.45, 2.75) is 38.6 Å². The lowest BCUT2D eigenvalue weighted by Crippen LogP contribution is -2.20. The lowest BCUT2D eigenvalue weighted by Gasteiger charge is -2.13. The average Bonchev–Trinajstić information content (AvgIpc) is 3.23. The summed E-state index contributed by atoms with van der Waals surface area (Å²) in [5.74, 6) is 0.747. The Bertz CT molecular complexity index is 537. The van der Waals surface area contributed by atoms with Gasteiger partial charge >= 0.3 is 0 Å². The van der Waals surface area contributed by atoms with Crippen LogP contribution in [-0.4, -0.2) is 12.6 Å². The largest absolute Gasteiger partial charge is 0.314 e. The van der Waals surface area contributed by atoms with E-state index in [2.05, 4.69) is 54.7 Å². The van der Waals surface area contributed by atoms with Crippen LogP contribution in [-0.2, 0) is 6.42 Å². The normalized spacial score (nSPS) is 16.7. The van der Waals surface area contributed by atoms with Gasteiger partial charge in [0, 0.05) is 6.04 Å². The molecule has 3 rings (SSSR count). The first-order chi connectivity index (χ1) is 9.33. The van der Waals surface area contributed by atoms with Crippen molar-refractivity contribution < 1.29 is 0 Å². The first-order valence-corrected chi connectivity index (χ1v) is 7.53. The number of fused-ring (bicyclic) bond motifs is 1. The van der Waals surface area contributed by atoms with Gasteiger partial charge in [-0.3, -0.25) is 0 Å². The summed E-state index contributed by atoms with van der Waals surface area (Å²) >= 11 is 0. The zero-order valence-electron chi connectivity index (χ0n) is 11.7. The average molecular weight is 253 g/mol. The van der Waals surface area contributed by atoms with E-state index >= 15 is 0 Å². The first kappa shape index (κ1) is 12.7. The standard InChI is InChI=1S/C18H23N/c1-14(11-12-19-17-9-10-17)13-16-7-4-6-15-5-2-3-8-18(15)16/h2-8,14,17,19H,9-13H2,1H3. The number of rotatable bonds is 6. The Morgan fingerprint density at radius 1 is 1.11 bits per heavy atom. The van der Waals surface area contributed by atoms with E-state index < -0.39 is 0 Å². The topological polar surface area (TPSA) is 12.0 Å². The fourth-order valence-electron chi connectivity index (χ4n) is 2.77. The zero-order valence-corrected chi connectivity index (χ0v) is 11.7. The van der Waals surface area contributed by atoms with Gasteiger partial charge in [-0.05, 0) is 54.5 Å². The Morgan fingerprint density at radius 2 is 1.89 bits per heavy atom. The molecular formula is C18H23N. The second-order valence-corrected chi connectivity index (χ2v) is 5.96. The Labute approximate surface area is 116 Å². The minimum Gasteiger partial charge on any atom is -0.314 e. The molecule has 0 aliphatic heterocycles. The number of hydrogen-bond acceptors (Lipinski definition) is 1. The molecule has 1 fully saturated rings. The van der Waals surface area contributed by atoms with E-state index in [0.717, 1.165) is 12.0 Å². The maximum atomic E-state index is 3.61. The highest BCUT2D eigenvalue weighted by Gasteiger charge is 2.20. The van der Waals surface area contributed by atoms with E-state index in [-0.39, 0.29) is 0 Å². The molecule has 1 aliphatic carbocycles. The van der Waals surface area contributed by atoms with Crippen LogP contribution in [0.25, 0.3) is 10.8 Å². The summed E-state index contributed by atoms with van der Waals surface area (Å²) in [6.45, 7) is 3.55. The van der Waals surface area contributed by atoms with Crippen molar-refractivity contribution in [3.8, 4) is 0 Å². The van der Waals surface area contributed by atoms with Gasteiger partial charge in [-0.1, -0.05) is 49.4 Å². The monoisotopic (exact) mass is 253 g/mol. The SMILES string of the molecule is CC(CCNC1CC1)Cc1cccc2ccccc12. The summed E-state index contributed by atoms with van der Waals surface area (Å²) in [6.07, 6.45) is 5.24. The van der Waals surface area contributed by atoms with Crippen LogP contribution in [0, 0.1) is 5.92 Å². The van der Waals surface area contributed by atoms with Gasteiger partial charge in [0.1, 0.15) is 0 Å². The zero-order chi connectivity index (χ0) is 13.1. The molecule has 1 atom stereocenters. The number of nitrogens with one attached hydrogen (secondary N) is 1. The van der Waals surface area contributed by atoms with Crippen LogP contribution in [0.4, 0.5) is 0 Å². The molecule has 100 valence electrons. The summed E-state index contributed by atoms with van der Waals surface area (Å²) in [5, 5.41) is 6.40. The summed E-state index contributed by atoms with van der Waals surface area (Å²) in [7, 11) is 0. The van der Waals surface area contributed by atoms with E-state index in [4.69, 9.17) is 0 Å². The van der Waals surface area contributed by atoms with Crippen molar-refractivity contribution >= 4 is 10.8 Å². The molecule has 1 nitrogen and oxygen atoms in total. The maximum Gasteiger partial charge on any atom is 0.00682 e. The van der Waals surface area contributed by atoms with Crippen molar-refractivity contribution in [3.63, 3.8) is 0 Å². The van der Waals surface area contributed by atoms with Gasteiger partial charge in [-0.15, -0.1) is 0 Å². The molecule has 0 radical (unpaired) electrons. The highest BCUT2D eigenvalue weighted by Crippen LogP contribution is 2.23. The molecular weight excluding hydrogens is 230 g/mol. The fourth-order valence-corrected chi connectivity index (χ4v) is 2.77. The Kier molecular flexibility index (Phi) is 3.84. The lowest BCUT2D eigenvalue weighted by atomic mass is 9.94. The summed E-state index contributed by atoms with van der Waals surface area (Å²) in [4.78, 5) is 0. The summed E-state index contributed by atoms with van der Waals surface area (Å²) in [5.41, 5.74) is 1.50. The van der Waals surface area contributed by atoms with Gasteiger partial charge in [0.2, 0.25) is 0 Å². The van der Waals surface area contributed by atoms with Crippen molar-refractivity contribution in [2.24, 2.45) is 5.92 Å². The summed E-state index contributed by atoms with van der Waals surface area (Å²) in [6, 6.07) is 16.2. The highest BCUT2D eigenvalue weighted by molar-refractivity contribution is 5.85. The molecule has 19 heavy (non-hydrogen) atoms. The smallest absolute Gasteiger partial charge is 0.00682 e. The van der Waals surface area contributed by atoms with Crippen LogP contribution in [0.1, 0.15) is 31.7 Å². The summed E-state index contributed by atoms with van der Waals surface area (Å²) < 4.78 is 0. The minimum absolute atomic E-state index is 0.747. The molecule has 2 aromatic rings. The van der Waals surface area contributed by atoms with Crippen molar-refractivity contribution in [2.75, 3.05) is 6.54 Å². The van der Waals surface area contributed by atoms with Crippen LogP contribution in [0.15, 0.2) is 42.5 Å². The molecule has 1 N–H and O–H groups in total. The molecule has 0 aromatic heterocycles. The van der Waals surface area contributed by atoms with Crippen LogP contribution in [0.2, 0.25) is 0 Å². The first-order valence-electron chi connectivity index (χ1n) is 7.53. The third-order valence-corrected chi connectivity index (χ3v) is 4.10. The Balaban J connectivity index is 1.63. The van der Waals surface area contributed by atoms with Crippen LogP contribution in [0.5, 0.6) is 0 Å². The quantitative estimate of drug-likeness (QED) is 0.815. The minimum atomic E-state index is 0.747. The molecule has 0 bridgehead atoms. The van der Waals surface area contributed by atoms with Gasteiger partial charge in [-0.2, -0.15) is 0 Å². The van der Waals surface area contributed by atoms with Crippen molar-refractivity contribution in [1.29, 1.82) is 0 Å². The van der Waals surface area contributed by atoms with Gasteiger partial charge in [0.25, 0.3) is 0 Å². The van der Waals surface area contributed by atoms with Gasteiger partial charge in [0.05, 0.1) is 0 Å². The van der Waals surface area contributed by atoms with Crippen LogP contribution < -0.4 is 5.32 Å². The number of hydrogen-bond donors (Lipinski definition) is 1. The molecule has 0 amide bonds. The van der Waals surface area contributed by atoms with Crippen molar-refractivity contribution in [3.05, 3.63) is 48.0 Å². The molecule has 1 heteroatoms. The molecule has 0 saturated heterocycles. The van der Waals surface area contributed by atoms with Crippen LogP contribution in [0.3, 0.4) is 0 Å². The number of benzene rings is 2. The fraction of sp³-hybridized carbons (Fsp3) is 0.444. The van der Waals surface area contributed by atoms with Gasteiger partial charge in [-0.25, -0.2) is 0 Å². The molecule has 2 aromatic carbocycles. The third kappa shape index (κ3) is 3.36. The predicted molar refractivity (Wildman–Crippen MR) is 82.5 cm³/mol. The molecule has 1 unspecified atom stereocenters.